The van der Waals surface area contributed by atoms with Crippen molar-refractivity contribution < 1.29 is 9.47 Å². The Balaban J connectivity index is 1.35. The van der Waals surface area contributed by atoms with E-state index in [0.29, 0.717) is 31.5 Å². The van der Waals surface area contributed by atoms with Gasteiger partial charge in [0.2, 0.25) is 11.9 Å². The lowest BCUT2D eigenvalue weighted by atomic mass is 10.0. The molecule has 166 valence electrons. The van der Waals surface area contributed by atoms with Gasteiger partial charge in [-0.3, -0.25) is 4.90 Å². The molecule has 1 atom stereocenters. The summed E-state index contributed by atoms with van der Waals surface area (Å²) in [6.07, 6.45) is 3.10. The van der Waals surface area contributed by atoms with Gasteiger partial charge in [0, 0.05) is 18.2 Å². The van der Waals surface area contributed by atoms with Crippen LogP contribution in [0.25, 0.3) is 0 Å². The molecule has 0 bridgehead atoms. The van der Waals surface area contributed by atoms with Crippen LogP contribution in [0.3, 0.4) is 0 Å². The number of para-hydroxylation sites is 1. The molecule has 8 nitrogen and oxygen atoms in total. The van der Waals surface area contributed by atoms with Crippen molar-refractivity contribution in [1.29, 1.82) is 0 Å². The van der Waals surface area contributed by atoms with E-state index in [2.05, 4.69) is 37.3 Å². The summed E-state index contributed by atoms with van der Waals surface area (Å²) in [4.78, 5) is 15.7. The number of nitrogens with one attached hydrogen (secondary N) is 1. The molecule has 0 spiro atoms. The maximum absolute atomic E-state index is 6.01. The highest BCUT2D eigenvalue weighted by atomic mass is 16.5. The number of likely N-dealkylation sites (tertiary alicyclic amines) is 1. The SMILES string of the molecule is Cc1ccccc1Nc1nc(N)nc(CN2CCC[C@H]2c2ccc3c(c2)OCCCO3)n1. The maximum atomic E-state index is 6.01. The van der Waals surface area contributed by atoms with Crippen molar-refractivity contribution in [3.8, 4) is 11.5 Å². The van der Waals surface area contributed by atoms with E-state index in [1.807, 2.05) is 37.3 Å². The number of nitrogens with zero attached hydrogens (tertiary/aromatic N) is 4. The number of nitrogen functional groups attached to an aromatic ring is 1. The highest BCUT2D eigenvalue weighted by Crippen LogP contribution is 2.38. The first kappa shape index (κ1) is 20.5. The fraction of sp³-hybridized carbons (Fsp3) is 0.375. The van der Waals surface area contributed by atoms with Crippen LogP contribution in [0.4, 0.5) is 17.6 Å². The van der Waals surface area contributed by atoms with Gasteiger partial charge in [0.25, 0.3) is 0 Å². The number of hydrogen-bond donors (Lipinski definition) is 2. The highest BCUT2D eigenvalue weighted by molar-refractivity contribution is 5.58. The Morgan fingerprint density at radius 3 is 2.75 bits per heavy atom. The summed E-state index contributed by atoms with van der Waals surface area (Å²) in [7, 11) is 0. The number of hydrogen-bond acceptors (Lipinski definition) is 8. The summed E-state index contributed by atoms with van der Waals surface area (Å²) in [6.45, 7) is 5.00. The van der Waals surface area contributed by atoms with Gasteiger partial charge in [-0.05, 0) is 55.6 Å². The third-order valence-corrected chi connectivity index (χ3v) is 5.96. The molecule has 2 aromatic carbocycles. The standard InChI is InChI=1S/C24H28N6O2/c1-16-6-2-3-7-18(16)26-24-28-22(27-23(25)29-24)15-30-11-4-8-19(30)17-9-10-20-21(14-17)32-13-5-12-31-20/h2-3,6-7,9-10,14,19H,4-5,8,11-13,15H2,1H3,(H3,25,26,27,28,29)/t19-/m0/s1. The monoisotopic (exact) mass is 432 g/mol. The molecule has 0 aliphatic carbocycles. The molecule has 1 aromatic heterocycles. The molecule has 3 aromatic rings. The fourth-order valence-electron chi connectivity index (χ4n) is 4.36. The quantitative estimate of drug-likeness (QED) is 0.624. The molecular weight excluding hydrogens is 404 g/mol. The van der Waals surface area contributed by atoms with Gasteiger partial charge in [-0.1, -0.05) is 24.3 Å². The zero-order chi connectivity index (χ0) is 21.9. The molecule has 8 heteroatoms. The number of aryl methyl sites for hydroxylation is 1. The van der Waals surface area contributed by atoms with Crippen LogP contribution >= 0.6 is 0 Å². The van der Waals surface area contributed by atoms with Gasteiger partial charge in [0.05, 0.1) is 19.8 Å². The zero-order valence-electron chi connectivity index (χ0n) is 18.3. The first-order chi connectivity index (χ1) is 15.7. The van der Waals surface area contributed by atoms with Gasteiger partial charge >= 0.3 is 0 Å². The van der Waals surface area contributed by atoms with E-state index < -0.39 is 0 Å². The molecule has 32 heavy (non-hydrogen) atoms. The third kappa shape index (κ3) is 4.45. The lowest BCUT2D eigenvalue weighted by Gasteiger charge is -2.25. The van der Waals surface area contributed by atoms with E-state index in [1.165, 1.54) is 5.56 Å². The Bertz CT molecular complexity index is 1110. The number of benzene rings is 2. The predicted molar refractivity (Wildman–Crippen MR) is 123 cm³/mol. The van der Waals surface area contributed by atoms with E-state index in [0.717, 1.165) is 48.6 Å². The summed E-state index contributed by atoms with van der Waals surface area (Å²) in [5, 5.41) is 3.27. The number of fused-ring (bicyclic) bond motifs is 1. The van der Waals surface area contributed by atoms with E-state index in [-0.39, 0.29) is 12.0 Å². The van der Waals surface area contributed by atoms with E-state index in [9.17, 15) is 0 Å². The number of ether oxygens (including phenoxy) is 2. The summed E-state index contributed by atoms with van der Waals surface area (Å²) in [5.74, 6) is 3.01. The number of rotatable bonds is 5. The van der Waals surface area contributed by atoms with Crippen LogP contribution in [0.15, 0.2) is 42.5 Å². The molecule has 0 unspecified atom stereocenters. The summed E-state index contributed by atoms with van der Waals surface area (Å²) >= 11 is 0. The molecule has 0 amide bonds. The van der Waals surface area contributed by atoms with Gasteiger partial charge in [0.1, 0.15) is 5.82 Å². The lowest BCUT2D eigenvalue weighted by Crippen LogP contribution is -2.24. The van der Waals surface area contributed by atoms with Gasteiger partial charge in [0.15, 0.2) is 11.5 Å². The van der Waals surface area contributed by atoms with Crippen molar-refractivity contribution in [2.45, 2.75) is 38.8 Å². The Morgan fingerprint density at radius 2 is 1.88 bits per heavy atom. The summed E-state index contributed by atoms with van der Waals surface area (Å²) < 4.78 is 11.7. The normalized spacial score (nSPS) is 18.3. The minimum Gasteiger partial charge on any atom is -0.490 e. The Morgan fingerprint density at radius 1 is 1.03 bits per heavy atom. The Hall–Kier alpha value is -3.39. The van der Waals surface area contributed by atoms with Crippen LogP contribution in [0.1, 0.15) is 42.3 Å². The molecular formula is C24H28N6O2. The van der Waals surface area contributed by atoms with Crippen molar-refractivity contribution in [2.75, 3.05) is 30.8 Å². The first-order valence-electron chi connectivity index (χ1n) is 11.1. The molecule has 2 aliphatic heterocycles. The molecule has 3 heterocycles. The maximum Gasteiger partial charge on any atom is 0.232 e. The number of nitrogens with two attached hydrogens (primary N) is 1. The van der Waals surface area contributed by atoms with E-state index in [4.69, 9.17) is 15.2 Å². The second kappa shape index (κ2) is 9.00. The molecule has 0 saturated carbocycles. The van der Waals surface area contributed by atoms with Crippen molar-refractivity contribution in [3.05, 3.63) is 59.4 Å². The molecule has 3 N–H and O–H groups in total. The zero-order valence-corrected chi connectivity index (χ0v) is 18.3. The molecule has 1 saturated heterocycles. The van der Waals surface area contributed by atoms with E-state index in [1.54, 1.807) is 0 Å². The van der Waals surface area contributed by atoms with Crippen LogP contribution in [0.2, 0.25) is 0 Å². The largest absolute Gasteiger partial charge is 0.490 e. The minimum absolute atomic E-state index is 0.220. The van der Waals surface area contributed by atoms with Gasteiger partial charge < -0.3 is 20.5 Å². The van der Waals surface area contributed by atoms with Gasteiger partial charge in [-0.25, -0.2) is 0 Å². The second-order valence-corrected chi connectivity index (χ2v) is 8.26. The van der Waals surface area contributed by atoms with Crippen LogP contribution < -0.4 is 20.5 Å². The van der Waals surface area contributed by atoms with Gasteiger partial charge in [-0.15, -0.1) is 0 Å². The van der Waals surface area contributed by atoms with Crippen molar-refractivity contribution in [1.82, 2.24) is 19.9 Å². The second-order valence-electron chi connectivity index (χ2n) is 8.26. The Kier molecular flexibility index (Phi) is 5.77. The average molecular weight is 433 g/mol. The molecule has 1 fully saturated rings. The Labute approximate surface area is 187 Å². The number of aromatic nitrogens is 3. The van der Waals surface area contributed by atoms with Crippen LogP contribution in [0, 0.1) is 6.92 Å². The molecule has 0 radical (unpaired) electrons. The minimum atomic E-state index is 0.220. The summed E-state index contributed by atoms with van der Waals surface area (Å²) in [6, 6.07) is 14.6. The predicted octanol–water partition coefficient (Wildman–Crippen LogP) is 4.00. The lowest BCUT2D eigenvalue weighted by molar-refractivity contribution is 0.241. The van der Waals surface area contributed by atoms with Crippen molar-refractivity contribution in [3.63, 3.8) is 0 Å². The first-order valence-corrected chi connectivity index (χ1v) is 11.1. The molecule has 2 aliphatic rings. The van der Waals surface area contributed by atoms with E-state index >= 15 is 0 Å². The van der Waals surface area contributed by atoms with Gasteiger partial charge in [-0.2, -0.15) is 15.0 Å². The fourth-order valence-corrected chi connectivity index (χ4v) is 4.36. The van der Waals surface area contributed by atoms with Crippen molar-refractivity contribution >= 4 is 17.6 Å². The van der Waals surface area contributed by atoms with Crippen LogP contribution in [0.5, 0.6) is 11.5 Å². The smallest absolute Gasteiger partial charge is 0.232 e. The number of anilines is 3. The van der Waals surface area contributed by atoms with Crippen molar-refractivity contribution in [2.24, 2.45) is 0 Å². The molecule has 5 rings (SSSR count). The third-order valence-electron chi connectivity index (χ3n) is 5.96. The summed E-state index contributed by atoms with van der Waals surface area (Å²) in [5.41, 5.74) is 9.31. The average Bonchev–Trinajstić information content (AvgIpc) is 3.10. The van der Waals surface area contributed by atoms with Crippen LogP contribution in [-0.2, 0) is 6.54 Å². The highest BCUT2D eigenvalue weighted by Gasteiger charge is 2.28. The van der Waals surface area contributed by atoms with Crippen LogP contribution in [-0.4, -0.2) is 39.6 Å². The topological polar surface area (TPSA) is 98.4 Å².